The van der Waals surface area contributed by atoms with Gasteiger partial charge in [0.2, 0.25) is 0 Å². The molecule has 0 aliphatic carbocycles. The Hall–Kier alpha value is -4.09. The number of allylic oxidation sites excluding steroid dienone is 1. The van der Waals surface area contributed by atoms with Crippen LogP contribution in [0, 0.1) is 12.3 Å². The zero-order chi connectivity index (χ0) is 25.7. The second kappa shape index (κ2) is 11.1. The first-order valence-corrected chi connectivity index (χ1v) is 12.4. The van der Waals surface area contributed by atoms with Gasteiger partial charge in [-0.1, -0.05) is 41.5 Å². The molecular formula is C28H26N2O5S. The predicted molar refractivity (Wildman–Crippen MR) is 139 cm³/mol. The van der Waals surface area contributed by atoms with Gasteiger partial charge in [0.1, 0.15) is 18.1 Å². The van der Waals surface area contributed by atoms with Gasteiger partial charge in [-0.2, -0.15) is 0 Å². The van der Waals surface area contributed by atoms with Crippen LogP contribution in [0.1, 0.15) is 37.9 Å². The molecule has 7 nitrogen and oxygen atoms in total. The quantitative estimate of drug-likeness (QED) is 0.349. The van der Waals surface area contributed by atoms with E-state index >= 15 is 0 Å². The van der Waals surface area contributed by atoms with Crippen molar-refractivity contribution in [3.63, 3.8) is 0 Å². The Bertz CT molecular complexity index is 1520. The lowest BCUT2D eigenvalue weighted by Crippen LogP contribution is -2.39. The number of carbonyl (C=O) groups excluding carboxylic acids is 1. The first-order valence-electron chi connectivity index (χ1n) is 11.6. The topological polar surface area (TPSA) is 79.1 Å². The minimum Gasteiger partial charge on any atom is -0.494 e. The summed E-state index contributed by atoms with van der Waals surface area (Å²) < 4.78 is 18.4. The van der Waals surface area contributed by atoms with Gasteiger partial charge in [0.15, 0.2) is 4.80 Å². The molecule has 2 aromatic carbocycles. The highest BCUT2D eigenvalue weighted by atomic mass is 32.1. The molecule has 184 valence electrons. The fourth-order valence-electron chi connectivity index (χ4n) is 3.99. The van der Waals surface area contributed by atoms with Crippen molar-refractivity contribution < 1.29 is 19.0 Å². The maximum absolute atomic E-state index is 13.7. The van der Waals surface area contributed by atoms with Gasteiger partial charge in [-0.15, -0.1) is 6.42 Å². The molecular weight excluding hydrogens is 476 g/mol. The van der Waals surface area contributed by atoms with Gasteiger partial charge in [-0.25, -0.2) is 9.79 Å². The fraction of sp³-hybridized carbons (Fsp3) is 0.250. The average molecular weight is 503 g/mol. The van der Waals surface area contributed by atoms with Gasteiger partial charge in [-0.3, -0.25) is 9.36 Å². The normalized spacial score (nSPS) is 15.1. The van der Waals surface area contributed by atoms with Crippen LogP contribution in [0.3, 0.4) is 0 Å². The van der Waals surface area contributed by atoms with E-state index in [1.807, 2.05) is 49.4 Å². The molecule has 0 saturated carbocycles. The minimum atomic E-state index is -0.677. The summed E-state index contributed by atoms with van der Waals surface area (Å²) in [6, 6.07) is 14.0. The number of terminal acetylenes is 1. The van der Waals surface area contributed by atoms with E-state index in [2.05, 4.69) is 10.9 Å². The molecule has 0 spiro atoms. The molecule has 2 heterocycles. The SMILES string of the molecule is C#CCOc1cccc(/C=c2\sc3n(c2=O)[C@H](c2ccc(OCC)cc2)C(C(=O)OCC)=C(C)N=3)c1. The molecule has 1 aliphatic heterocycles. The highest BCUT2D eigenvalue weighted by molar-refractivity contribution is 7.07. The van der Waals surface area contributed by atoms with Crippen molar-refractivity contribution in [3.05, 3.63) is 90.6 Å². The third-order valence-electron chi connectivity index (χ3n) is 5.50. The standard InChI is InChI=1S/C28H26N2O5S/c1-5-15-35-22-10-8-9-19(16-22)17-23-26(31)30-25(20-11-13-21(14-12-20)33-6-2)24(27(32)34-7-3)18(4)29-28(30)36-23/h1,8-14,16-17,25H,6-7,15H2,2-4H3/b23-17-/t25-/m1/s1. The first kappa shape index (κ1) is 25.0. The summed E-state index contributed by atoms with van der Waals surface area (Å²) in [5.74, 6) is 3.26. The Labute approximate surface area is 213 Å². The number of aromatic nitrogens is 1. The maximum atomic E-state index is 13.7. The Kier molecular flexibility index (Phi) is 7.71. The van der Waals surface area contributed by atoms with Crippen LogP contribution in [0.2, 0.25) is 0 Å². The van der Waals surface area contributed by atoms with E-state index in [-0.39, 0.29) is 18.8 Å². The zero-order valence-corrected chi connectivity index (χ0v) is 21.1. The molecule has 1 aliphatic rings. The highest BCUT2D eigenvalue weighted by Gasteiger charge is 2.33. The molecule has 4 rings (SSSR count). The van der Waals surface area contributed by atoms with Crippen molar-refractivity contribution >= 4 is 23.4 Å². The second-order valence-corrected chi connectivity index (χ2v) is 8.88. The summed E-state index contributed by atoms with van der Waals surface area (Å²) in [5, 5.41) is 0. The Balaban J connectivity index is 1.86. The number of nitrogens with zero attached hydrogens (tertiary/aromatic N) is 2. The number of ether oxygens (including phenoxy) is 3. The van der Waals surface area contributed by atoms with Gasteiger partial charge in [0.05, 0.1) is 35.1 Å². The number of rotatable bonds is 8. The first-order chi connectivity index (χ1) is 17.5. The van der Waals surface area contributed by atoms with Crippen molar-refractivity contribution in [2.24, 2.45) is 4.99 Å². The van der Waals surface area contributed by atoms with E-state index in [9.17, 15) is 9.59 Å². The highest BCUT2D eigenvalue weighted by Crippen LogP contribution is 2.31. The Morgan fingerprint density at radius 3 is 2.61 bits per heavy atom. The van der Waals surface area contributed by atoms with Crippen LogP contribution in [0.15, 0.2) is 69.6 Å². The third-order valence-corrected chi connectivity index (χ3v) is 6.48. The van der Waals surface area contributed by atoms with Gasteiger partial charge < -0.3 is 14.2 Å². The smallest absolute Gasteiger partial charge is 0.338 e. The maximum Gasteiger partial charge on any atom is 0.338 e. The van der Waals surface area contributed by atoms with Gasteiger partial charge >= 0.3 is 5.97 Å². The van der Waals surface area contributed by atoms with Crippen LogP contribution in [0.5, 0.6) is 11.5 Å². The second-order valence-electron chi connectivity index (χ2n) is 7.87. The summed E-state index contributed by atoms with van der Waals surface area (Å²) in [6.45, 7) is 6.33. The zero-order valence-electron chi connectivity index (χ0n) is 20.3. The molecule has 0 radical (unpaired) electrons. The van der Waals surface area contributed by atoms with E-state index in [0.29, 0.717) is 38.7 Å². The molecule has 0 saturated heterocycles. The predicted octanol–water partition coefficient (Wildman–Crippen LogP) is 3.21. The summed E-state index contributed by atoms with van der Waals surface area (Å²) >= 11 is 1.27. The lowest BCUT2D eigenvalue weighted by Gasteiger charge is -2.24. The van der Waals surface area contributed by atoms with Crippen molar-refractivity contribution in [1.82, 2.24) is 4.57 Å². The van der Waals surface area contributed by atoms with Crippen LogP contribution in [0.25, 0.3) is 6.08 Å². The summed E-state index contributed by atoms with van der Waals surface area (Å²) in [6.07, 6.45) is 7.06. The monoisotopic (exact) mass is 502 g/mol. The lowest BCUT2D eigenvalue weighted by molar-refractivity contribution is -0.139. The molecule has 0 bridgehead atoms. The van der Waals surface area contributed by atoms with Crippen molar-refractivity contribution in [1.29, 1.82) is 0 Å². The van der Waals surface area contributed by atoms with Crippen molar-refractivity contribution in [2.45, 2.75) is 26.8 Å². The third kappa shape index (κ3) is 5.11. The largest absolute Gasteiger partial charge is 0.494 e. The van der Waals surface area contributed by atoms with E-state index < -0.39 is 12.0 Å². The van der Waals surface area contributed by atoms with Crippen molar-refractivity contribution in [3.8, 4) is 23.8 Å². The molecule has 1 atom stereocenters. The molecule has 0 amide bonds. The van der Waals surface area contributed by atoms with Gasteiger partial charge in [0.25, 0.3) is 5.56 Å². The number of benzene rings is 2. The summed E-state index contributed by atoms with van der Waals surface area (Å²) in [7, 11) is 0. The average Bonchev–Trinajstić information content (AvgIpc) is 3.17. The lowest BCUT2D eigenvalue weighted by atomic mass is 9.96. The molecule has 36 heavy (non-hydrogen) atoms. The molecule has 0 unspecified atom stereocenters. The van der Waals surface area contributed by atoms with Gasteiger partial charge in [0, 0.05) is 0 Å². The van der Waals surface area contributed by atoms with Crippen LogP contribution in [-0.2, 0) is 9.53 Å². The van der Waals surface area contributed by atoms with E-state index in [0.717, 1.165) is 11.1 Å². The Morgan fingerprint density at radius 2 is 1.92 bits per heavy atom. The number of esters is 1. The van der Waals surface area contributed by atoms with E-state index in [1.54, 1.807) is 30.6 Å². The molecule has 8 heteroatoms. The number of hydrogen-bond acceptors (Lipinski definition) is 7. The van der Waals surface area contributed by atoms with Gasteiger partial charge in [-0.05, 0) is 62.2 Å². The van der Waals surface area contributed by atoms with Crippen LogP contribution >= 0.6 is 11.3 Å². The molecule has 0 fully saturated rings. The van der Waals surface area contributed by atoms with Crippen molar-refractivity contribution in [2.75, 3.05) is 19.8 Å². The molecule has 0 N–H and O–H groups in total. The molecule has 1 aromatic heterocycles. The number of thiazole rings is 1. The summed E-state index contributed by atoms with van der Waals surface area (Å²) in [5.41, 5.74) is 2.15. The van der Waals surface area contributed by atoms with E-state index in [4.69, 9.17) is 20.6 Å². The van der Waals surface area contributed by atoms with E-state index in [1.165, 1.54) is 11.3 Å². The Morgan fingerprint density at radius 1 is 1.14 bits per heavy atom. The summed E-state index contributed by atoms with van der Waals surface area (Å²) in [4.78, 5) is 31.8. The number of fused-ring (bicyclic) bond motifs is 1. The minimum absolute atomic E-state index is 0.156. The number of hydrogen-bond donors (Lipinski definition) is 0. The van der Waals surface area contributed by atoms with Crippen LogP contribution in [0.4, 0.5) is 0 Å². The fourth-order valence-corrected chi connectivity index (χ4v) is 5.04. The van der Waals surface area contributed by atoms with Crippen LogP contribution in [-0.4, -0.2) is 30.4 Å². The molecule has 3 aromatic rings. The number of carbonyl (C=O) groups is 1. The van der Waals surface area contributed by atoms with Crippen LogP contribution < -0.4 is 24.4 Å².